The first-order chi connectivity index (χ1) is 10.6. The fourth-order valence-electron chi connectivity index (χ4n) is 2.81. The van der Waals surface area contributed by atoms with E-state index in [1.165, 1.54) is 0 Å². The molecule has 0 bridgehead atoms. The van der Waals surface area contributed by atoms with Gasteiger partial charge in [0.2, 0.25) is 5.91 Å². The van der Waals surface area contributed by atoms with Gasteiger partial charge in [-0.25, -0.2) is 0 Å². The Morgan fingerprint density at radius 1 is 1.27 bits per heavy atom. The summed E-state index contributed by atoms with van der Waals surface area (Å²) in [6, 6.07) is 14.7. The molecule has 22 heavy (non-hydrogen) atoms. The van der Waals surface area contributed by atoms with Crippen LogP contribution >= 0.6 is 0 Å². The number of carbonyl (C=O) groups excluding carboxylic acids is 1. The molecule has 0 fully saturated rings. The molecule has 2 aromatic carbocycles. The minimum atomic E-state index is -0.0254. The first-order valence-electron chi connectivity index (χ1n) is 7.42. The van der Waals surface area contributed by atoms with Crippen molar-refractivity contribution >= 4 is 5.91 Å². The van der Waals surface area contributed by atoms with Gasteiger partial charge in [0.15, 0.2) is 0 Å². The molecule has 1 amide bonds. The lowest BCUT2D eigenvalue weighted by Crippen LogP contribution is -2.38. The first-order valence-corrected chi connectivity index (χ1v) is 7.42. The number of aromatic hydroxyl groups is 1. The number of para-hydroxylation sites is 1. The normalized spacial score (nSPS) is 17.4. The minimum Gasteiger partial charge on any atom is -0.508 e. The highest BCUT2D eigenvalue weighted by Crippen LogP contribution is 2.35. The molecule has 1 heterocycles. The highest BCUT2D eigenvalue weighted by Gasteiger charge is 2.29. The number of fused-ring (bicyclic) bond motifs is 1. The molecule has 0 aromatic heterocycles. The van der Waals surface area contributed by atoms with E-state index in [1.54, 1.807) is 24.3 Å². The summed E-state index contributed by atoms with van der Waals surface area (Å²) in [5.74, 6) is 1.27. The number of rotatable bonds is 4. The van der Waals surface area contributed by atoms with Gasteiger partial charge < -0.3 is 15.2 Å². The van der Waals surface area contributed by atoms with Crippen molar-refractivity contribution in [2.75, 3.05) is 6.61 Å². The van der Waals surface area contributed by atoms with Crippen LogP contribution in [-0.2, 0) is 11.2 Å². The van der Waals surface area contributed by atoms with Crippen LogP contribution in [0.15, 0.2) is 48.5 Å². The van der Waals surface area contributed by atoms with Gasteiger partial charge in [-0.15, -0.1) is 0 Å². The van der Waals surface area contributed by atoms with Crippen LogP contribution in [0.5, 0.6) is 11.5 Å². The third-order valence-electron chi connectivity index (χ3n) is 4.03. The number of ether oxygens (including phenoxy) is 1. The topological polar surface area (TPSA) is 58.6 Å². The quantitative estimate of drug-likeness (QED) is 0.912. The smallest absolute Gasteiger partial charge is 0.224 e. The zero-order valence-electron chi connectivity index (χ0n) is 12.5. The van der Waals surface area contributed by atoms with E-state index >= 15 is 0 Å². The Bertz CT molecular complexity index is 666. The predicted molar refractivity (Wildman–Crippen MR) is 84.1 cm³/mol. The highest BCUT2D eigenvalue weighted by atomic mass is 16.5. The van der Waals surface area contributed by atoms with Gasteiger partial charge in [0.1, 0.15) is 11.5 Å². The second-order valence-electron chi connectivity index (χ2n) is 5.65. The van der Waals surface area contributed by atoms with Gasteiger partial charge in [0.25, 0.3) is 0 Å². The number of phenols is 1. The van der Waals surface area contributed by atoms with Crippen LogP contribution in [0, 0.1) is 0 Å². The number of phenolic OH excluding ortho intramolecular Hbond substituents is 1. The van der Waals surface area contributed by atoms with Crippen LogP contribution in [0.3, 0.4) is 0 Å². The van der Waals surface area contributed by atoms with Gasteiger partial charge in [0.05, 0.1) is 13.0 Å². The van der Waals surface area contributed by atoms with Crippen molar-refractivity contribution in [2.45, 2.75) is 25.3 Å². The maximum atomic E-state index is 12.2. The molecule has 0 radical (unpaired) electrons. The Kier molecular flexibility index (Phi) is 4.00. The third-order valence-corrected chi connectivity index (χ3v) is 4.03. The van der Waals surface area contributed by atoms with Crippen LogP contribution in [-0.4, -0.2) is 23.7 Å². The van der Waals surface area contributed by atoms with E-state index in [0.717, 1.165) is 16.9 Å². The van der Waals surface area contributed by atoms with Crippen molar-refractivity contribution in [1.82, 2.24) is 5.32 Å². The average molecular weight is 297 g/mol. The molecule has 0 spiro atoms. The van der Waals surface area contributed by atoms with E-state index in [9.17, 15) is 9.90 Å². The van der Waals surface area contributed by atoms with E-state index in [4.69, 9.17) is 4.74 Å². The Hall–Kier alpha value is -2.49. The Morgan fingerprint density at radius 3 is 2.77 bits per heavy atom. The van der Waals surface area contributed by atoms with Crippen LogP contribution in [0.1, 0.15) is 24.0 Å². The molecule has 114 valence electrons. The predicted octanol–water partition coefficient (Wildman–Crippen LogP) is 2.62. The van der Waals surface area contributed by atoms with Gasteiger partial charge in [-0.3, -0.25) is 4.79 Å². The third kappa shape index (κ3) is 3.06. The van der Waals surface area contributed by atoms with Crippen molar-refractivity contribution < 1.29 is 14.6 Å². The molecule has 2 N–H and O–H groups in total. The van der Waals surface area contributed by atoms with E-state index in [1.807, 2.05) is 25.1 Å². The number of carbonyl (C=O) groups is 1. The van der Waals surface area contributed by atoms with Crippen molar-refractivity contribution in [2.24, 2.45) is 0 Å². The van der Waals surface area contributed by atoms with Gasteiger partial charge in [0, 0.05) is 17.5 Å². The van der Waals surface area contributed by atoms with Gasteiger partial charge in [-0.1, -0.05) is 30.3 Å². The molecular weight excluding hydrogens is 278 g/mol. The Balaban J connectivity index is 1.61. The fraction of sp³-hybridized carbons (Fsp3) is 0.278. The standard InChI is InChI=1S/C18H19NO3/c1-12(16-11-22-17-5-3-2-4-15(16)17)19-18(21)10-13-6-8-14(20)9-7-13/h2-9,12,16,20H,10-11H2,1H3,(H,19,21)/t12-,16+/m1/s1. The molecule has 1 aliphatic rings. The second-order valence-corrected chi connectivity index (χ2v) is 5.65. The lowest BCUT2D eigenvalue weighted by molar-refractivity contribution is -0.121. The summed E-state index contributed by atoms with van der Waals surface area (Å²) in [5, 5.41) is 12.3. The fourth-order valence-corrected chi connectivity index (χ4v) is 2.81. The average Bonchev–Trinajstić information content (AvgIpc) is 2.93. The number of benzene rings is 2. The summed E-state index contributed by atoms with van der Waals surface area (Å²) >= 11 is 0. The van der Waals surface area contributed by atoms with Gasteiger partial charge in [-0.2, -0.15) is 0 Å². The van der Waals surface area contributed by atoms with Crippen LogP contribution in [0.4, 0.5) is 0 Å². The summed E-state index contributed by atoms with van der Waals surface area (Å²) in [6.07, 6.45) is 0.305. The van der Waals surface area contributed by atoms with Crippen molar-refractivity contribution in [3.05, 3.63) is 59.7 Å². The number of nitrogens with one attached hydrogen (secondary N) is 1. The minimum absolute atomic E-state index is 0.00765. The molecular formula is C18H19NO3. The summed E-state index contributed by atoms with van der Waals surface area (Å²) in [5.41, 5.74) is 2.03. The van der Waals surface area contributed by atoms with Crippen LogP contribution in [0.2, 0.25) is 0 Å². The van der Waals surface area contributed by atoms with Crippen molar-refractivity contribution in [3.8, 4) is 11.5 Å². The first kappa shape index (κ1) is 14.4. The number of amides is 1. The summed E-state index contributed by atoms with van der Waals surface area (Å²) in [6.45, 7) is 2.60. The molecule has 1 aliphatic heterocycles. The monoisotopic (exact) mass is 297 g/mol. The molecule has 0 saturated carbocycles. The lowest BCUT2D eigenvalue weighted by atomic mass is 9.94. The van der Waals surface area contributed by atoms with Crippen molar-refractivity contribution in [1.29, 1.82) is 0 Å². The lowest BCUT2D eigenvalue weighted by Gasteiger charge is -2.20. The van der Waals surface area contributed by atoms with Crippen molar-refractivity contribution in [3.63, 3.8) is 0 Å². The Morgan fingerprint density at radius 2 is 2.00 bits per heavy atom. The van der Waals surface area contributed by atoms with Gasteiger partial charge in [-0.05, 0) is 30.7 Å². The van der Waals surface area contributed by atoms with Gasteiger partial charge >= 0.3 is 0 Å². The number of hydrogen-bond acceptors (Lipinski definition) is 3. The summed E-state index contributed by atoms with van der Waals surface area (Å²) in [7, 11) is 0. The maximum absolute atomic E-state index is 12.2. The molecule has 0 saturated heterocycles. The van der Waals surface area contributed by atoms with E-state index in [0.29, 0.717) is 13.0 Å². The molecule has 3 rings (SSSR count). The summed E-state index contributed by atoms with van der Waals surface area (Å²) < 4.78 is 5.67. The highest BCUT2D eigenvalue weighted by molar-refractivity contribution is 5.79. The molecule has 2 atom stereocenters. The molecule has 0 unspecified atom stereocenters. The number of hydrogen-bond donors (Lipinski definition) is 2. The summed E-state index contributed by atoms with van der Waals surface area (Å²) in [4.78, 5) is 12.2. The van der Waals surface area contributed by atoms with Crippen LogP contribution < -0.4 is 10.1 Å². The second kappa shape index (κ2) is 6.10. The zero-order chi connectivity index (χ0) is 15.5. The SMILES string of the molecule is C[C@@H](NC(=O)Cc1ccc(O)cc1)[C@@H]1COc2ccccc21. The van der Waals surface area contributed by atoms with Crippen LogP contribution in [0.25, 0.3) is 0 Å². The molecule has 4 nitrogen and oxygen atoms in total. The van der Waals surface area contributed by atoms with E-state index in [2.05, 4.69) is 11.4 Å². The molecule has 2 aromatic rings. The zero-order valence-corrected chi connectivity index (χ0v) is 12.5. The maximum Gasteiger partial charge on any atom is 0.224 e. The van der Waals surface area contributed by atoms with E-state index < -0.39 is 0 Å². The van der Waals surface area contributed by atoms with E-state index in [-0.39, 0.29) is 23.6 Å². The molecule has 0 aliphatic carbocycles. The largest absolute Gasteiger partial charge is 0.508 e. The Labute approximate surface area is 129 Å². The molecule has 4 heteroatoms.